The Balaban J connectivity index is 1.13. The highest BCUT2D eigenvalue weighted by atomic mass is 15.0. The van der Waals surface area contributed by atoms with E-state index in [2.05, 4.69) is 156 Å². The van der Waals surface area contributed by atoms with E-state index in [4.69, 9.17) is 15.0 Å². The number of rotatable bonds is 5. The number of hydrogen-bond donors (Lipinski definition) is 0. The summed E-state index contributed by atoms with van der Waals surface area (Å²) in [5.74, 6) is 1.99. The predicted molar refractivity (Wildman–Crippen MR) is 225 cm³/mol. The first-order chi connectivity index (χ1) is 27.2. The topological polar surface area (TPSA) is 43.6 Å². The molecule has 4 heteroatoms. The Kier molecular flexibility index (Phi) is 7.38. The summed E-state index contributed by atoms with van der Waals surface area (Å²) in [6.45, 7) is 0. The van der Waals surface area contributed by atoms with Gasteiger partial charge in [-0.25, -0.2) is 15.0 Å². The van der Waals surface area contributed by atoms with Gasteiger partial charge in [-0.2, -0.15) is 0 Å². The quantitative estimate of drug-likeness (QED) is 0.179. The first-order valence-corrected chi connectivity index (χ1v) is 19.5. The third-order valence-electron chi connectivity index (χ3n) is 12.1. The van der Waals surface area contributed by atoms with Gasteiger partial charge in [-0.15, -0.1) is 0 Å². The molecule has 262 valence electrons. The maximum absolute atomic E-state index is 5.30. The number of nitrogens with zero attached hydrogens (tertiary/aromatic N) is 4. The Morgan fingerprint density at radius 2 is 0.909 bits per heavy atom. The van der Waals surface area contributed by atoms with Crippen molar-refractivity contribution < 1.29 is 0 Å². The second-order valence-electron chi connectivity index (χ2n) is 15.1. The van der Waals surface area contributed by atoms with Crippen molar-refractivity contribution in [1.82, 2.24) is 19.5 Å². The van der Waals surface area contributed by atoms with E-state index >= 15 is 0 Å². The minimum Gasteiger partial charge on any atom is -0.309 e. The molecule has 9 aromatic rings. The van der Waals surface area contributed by atoms with Gasteiger partial charge in [0.15, 0.2) is 17.5 Å². The van der Waals surface area contributed by atoms with Gasteiger partial charge in [-0.3, -0.25) is 0 Å². The third kappa shape index (κ3) is 5.09. The van der Waals surface area contributed by atoms with Gasteiger partial charge in [-0.05, 0) is 64.9 Å². The minimum atomic E-state index is 0.103. The summed E-state index contributed by atoms with van der Waals surface area (Å²) in [5, 5.41) is 2.45. The molecule has 0 aliphatic heterocycles. The van der Waals surface area contributed by atoms with E-state index in [9.17, 15) is 0 Å². The monoisotopic (exact) mass is 706 g/mol. The molecule has 0 bridgehead atoms. The van der Waals surface area contributed by atoms with Crippen LogP contribution in [0, 0.1) is 0 Å². The largest absolute Gasteiger partial charge is 0.309 e. The zero-order chi connectivity index (χ0) is 36.3. The molecular weight excluding hydrogens is 669 g/mol. The fourth-order valence-electron chi connectivity index (χ4n) is 9.55. The highest BCUT2D eigenvalue weighted by molar-refractivity contribution is 6.09. The molecule has 1 saturated carbocycles. The molecule has 0 atom stereocenters. The molecule has 55 heavy (non-hydrogen) atoms. The maximum Gasteiger partial charge on any atom is 0.164 e. The zero-order valence-electron chi connectivity index (χ0n) is 30.5. The van der Waals surface area contributed by atoms with E-state index in [1.807, 2.05) is 18.2 Å². The van der Waals surface area contributed by atoms with Crippen LogP contribution < -0.4 is 0 Å². The van der Waals surface area contributed by atoms with Crippen LogP contribution in [0.25, 0.3) is 83.9 Å². The van der Waals surface area contributed by atoms with Crippen LogP contribution in [-0.2, 0) is 5.41 Å². The van der Waals surface area contributed by atoms with Crippen LogP contribution in [0.2, 0.25) is 0 Å². The van der Waals surface area contributed by atoms with E-state index in [-0.39, 0.29) is 5.41 Å². The Labute approximate surface area is 320 Å². The van der Waals surface area contributed by atoms with Gasteiger partial charge >= 0.3 is 0 Å². The first-order valence-electron chi connectivity index (χ1n) is 19.5. The summed E-state index contributed by atoms with van der Waals surface area (Å²) >= 11 is 0. The molecule has 1 fully saturated rings. The number of para-hydroxylation sites is 2. The Bertz CT molecular complexity index is 2850. The molecule has 2 aliphatic rings. The van der Waals surface area contributed by atoms with Crippen LogP contribution in [0.15, 0.2) is 170 Å². The Morgan fingerprint density at radius 3 is 1.60 bits per heavy atom. The van der Waals surface area contributed by atoms with Crippen molar-refractivity contribution in [2.75, 3.05) is 0 Å². The van der Waals surface area contributed by atoms with Crippen LogP contribution in [0.3, 0.4) is 0 Å². The van der Waals surface area contributed by atoms with Crippen LogP contribution >= 0.6 is 0 Å². The van der Waals surface area contributed by atoms with Gasteiger partial charge in [-0.1, -0.05) is 165 Å². The number of fused-ring (bicyclic) bond motifs is 8. The summed E-state index contributed by atoms with van der Waals surface area (Å²) in [4.78, 5) is 15.7. The predicted octanol–water partition coefficient (Wildman–Crippen LogP) is 12.9. The average molecular weight is 707 g/mol. The smallest absolute Gasteiger partial charge is 0.164 e. The molecule has 2 heterocycles. The number of benzene rings is 7. The maximum atomic E-state index is 5.30. The summed E-state index contributed by atoms with van der Waals surface area (Å²) < 4.78 is 2.40. The second-order valence-corrected chi connectivity index (χ2v) is 15.1. The van der Waals surface area contributed by atoms with Gasteiger partial charge in [0.1, 0.15) is 0 Å². The fourth-order valence-corrected chi connectivity index (χ4v) is 9.55. The highest BCUT2D eigenvalue weighted by Crippen LogP contribution is 2.56. The summed E-state index contributed by atoms with van der Waals surface area (Å²) in [6.07, 6.45) is 6.27. The second kappa shape index (κ2) is 12.7. The molecule has 2 aromatic heterocycles. The summed E-state index contributed by atoms with van der Waals surface area (Å²) in [7, 11) is 0. The molecule has 0 amide bonds. The minimum absolute atomic E-state index is 0.103. The molecule has 2 aliphatic carbocycles. The Morgan fingerprint density at radius 1 is 0.382 bits per heavy atom. The molecule has 11 rings (SSSR count). The molecular formula is C51H38N4. The highest BCUT2D eigenvalue weighted by Gasteiger charge is 2.43. The van der Waals surface area contributed by atoms with Crippen LogP contribution in [0.1, 0.15) is 43.2 Å². The third-order valence-corrected chi connectivity index (χ3v) is 12.1. The molecule has 0 N–H and O–H groups in total. The average Bonchev–Trinajstić information content (AvgIpc) is 3.74. The molecule has 0 saturated heterocycles. The molecule has 4 nitrogen and oxygen atoms in total. The SMILES string of the molecule is c1ccc(-c2nc(-c3ccc4c(c3)-c3ccccc3C43CCCCC3)nc(-c3ccc(-c4ccccc4)c(-n4c5ccccc5c5ccccc54)c3)n2)cc1. The van der Waals surface area contributed by atoms with E-state index in [1.54, 1.807) is 0 Å². The van der Waals surface area contributed by atoms with E-state index in [1.165, 1.54) is 65.1 Å². The van der Waals surface area contributed by atoms with Gasteiger partial charge in [0, 0.05) is 38.4 Å². The number of hydrogen-bond acceptors (Lipinski definition) is 3. The van der Waals surface area contributed by atoms with Gasteiger partial charge in [0.25, 0.3) is 0 Å². The Hall–Kier alpha value is -6.65. The molecule has 7 aromatic carbocycles. The molecule has 0 radical (unpaired) electrons. The summed E-state index contributed by atoms with van der Waals surface area (Å²) in [5.41, 5.74) is 14.3. The van der Waals surface area contributed by atoms with Crippen LogP contribution in [0.5, 0.6) is 0 Å². The van der Waals surface area contributed by atoms with Crippen LogP contribution in [0.4, 0.5) is 0 Å². The van der Waals surface area contributed by atoms with Crippen molar-refractivity contribution in [2.45, 2.75) is 37.5 Å². The summed E-state index contributed by atoms with van der Waals surface area (Å²) in [6, 6.07) is 61.0. The molecule has 0 unspecified atom stereocenters. The van der Waals surface area contributed by atoms with Crippen molar-refractivity contribution in [1.29, 1.82) is 0 Å². The van der Waals surface area contributed by atoms with E-state index < -0.39 is 0 Å². The first kappa shape index (κ1) is 31.8. The van der Waals surface area contributed by atoms with Gasteiger partial charge in [0.05, 0.1) is 16.7 Å². The van der Waals surface area contributed by atoms with E-state index in [0.717, 1.165) is 44.5 Å². The normalized spacial score (nSPS) is 14.3. The number of aromatic nitrogens is 4. The standard InChI is InChI=1S/C51H38N4/c1-4-16-34(17-5-1)38-28-26-37(33-47(38)55-45-24-12-9-21-40(45)41-22-10-13-25-46(41)55)50-53-48(35-18-6-2-7-19-35)52-49(54-50)36-27-29-44-42(32-36)39-20-8-11-23-43(39)51(44)30-14-3-15-31-51/h1-2,4-13,16-29,32-33H,3,14-15,30-31H2. The lowest BCUT2D eigenvalue weighted by Crippen LogP contribution is -2.27. The van der Waals surface area contributed by atoms with Crippen molar-refractivity contribution in [3.8, 4) is 62.1 Å². The zero-order valence-corrected chi connectivity index (χ0v) is 30.5. The van der Waals surface area contributed by atoms with Crippen LogP contribution in [-0.4, -0.2) is 19.5 Å². The van der Waals surface area contributed by atoms with Gasteiger partial charge in [0.2, 0.25) is 0 Å². The van der Waals surface area contributed by atoms with E-state index in [0.29, 0.717) is 17.5 Å². The van der Waals surface area contributed by atoms with Crippen molar-refractivity contribution in [3.63, 3.8) is 0 Å². The van der Waals surface area contributed by atoms with Crippen molar-refractivity contribution >= 4 is 21.8 Å². The lowest BCUT2D eigenvalue weighted by atomic mass is 9.68. The lowest BCUT2D eigenvalue weighted by Gasteiger charge is -2.35. The molecule has 1 spiro atoms. The van der Waals surface area contributed by atoms with Crippen molar-refractivity contribution in [2.24, 2.45) is 0 Å². The lowest BCUT2D eigenvalue weighted by molar-refractivity contribution is 0.353. The fraction of sp³-hybridized carbons (Fsp3) is 0.118. The van der Waals surface area contributed by atoms with Crippen molar-refractivity contribution in [3.05, 3.63) is 181 Å². The van der Waals surface area contributed by atoms with Gasteiger partial charge < -0.3 is 4.57 Å².